The Bertz CT molecular complexity index is 613. The second-order valence-corrected chi connectivity index (χ2v) is 10.6. The van der Waals surface area contributed by atoms with Crippen LogP contribution in [0.2, 0.25) is 0 Å². The average Bonchev–Trinajstić information content (AvgIpc) is 2.96. The molecule has 4 rings (SSSR count). The van der Waals surface area contributed by atoms with Crippen molar-refractivity contribution < 1.29 is 14.3 Å². The van der Waals surface area contributed by atoms with E-state index >= 15 is 0 Å². The van der Waals surface area contributed by atoms with Gasteiger partial charge in [-0.05, 0) is 99.2 Å². The van der Waals surface area contributed by atoms with Gasteiger partial charge in [0.2, 0.25) is 0 Å². The number of carbonyl (C=O) groups excluding carboxylic acids is 2. The van der Waals surface area contributed by atoms with Crippen LogP contribution in [-0.4, -0.2) is 17.4 Å². The Kier molecular flexibility index (Phi) is 4.32. The van der Waals surface area contributed by atoms with Gasteiger partial charge in [0.25, 0.3) is 0 Å². The molecular weight excluding hydrogens is 324 g/mol. The molecule has 146 valence electrons. The minimum Gasteiger partial charge on any atom is -0.451 e. The Balaban J connectivity index is 1.59. The van der Waals surface area contributed by atoms with E-state index in [1.807, 2.05) is 0 Å². The van der Waals surface area contributed by atoms with Gasteiger partial charge in [0, 0.05) is 6.92 Å². The lowest BCUT2D eigenvalue weighted by Crippen LogP contribution is -2.57. The number of hydrogen-bond acceptors (Lipinski definition) is 3. The van der Waals surface area contributed by atoms with Gasteiger partial charge in [-0.3, -0.25) is 9.59 Å². The molecule has 26 heavy (non-hydrogen) atoms. The van der Waals surface area contributed by atoms with Gasteiger partial charge in [-0.1, -0.05) is 20.3 Å². The number of Topliss-reactive ketones (excluding diaryl/α,β-unsaturated/α-hetero) is 1. The Morgan fingerprint density at radius 1 is 0.885 bits per heavy atom. The number of ketones is 1. The van der Waals surface area contributed by atoms with E-state index in [4.69, 9.17) is 4.74 Å². The molecule has 0 radical (unpaired) electrons. The first kappa shape index (κ1) is 18.5. The van der Waals surface area contributed by atoms with Crippen LogP contribution in [0.1, 0.15) is 91.9 Å². The monoisotopic (exact) mass is 360 g/mol. The Morgan fingerprint density at radius 3 is 2.35 bits per heavy atom. The quantitative estimate of drug-likeness (QED) is 0.627. The molecule has 0 aromatic heterocycles. The van der Waals surface area contributed by atoms with E-state index in [2.05, 4.69) is 13.8 Å². The SMILES string of the molecule is CC(=O)O[C@]1(C(C)=O)CC[C@@]2(C)[C@@H](CC[C@@H]3[C@H]2CC[C@]2(C)CCC[C@@H]32)C1. The first-order valence-electron chi connectivity index (χ1n) is 10.9. The van der Waals surface area contributed by atoms with Crippen LogP contribution in [0.4, 0.5) is 0 Å². The zero-order chi connectivity index (χ0) is 18.7. The molecule has 0 amide bonds. The molecule has 0 bridgehead atoms. The maximum atomic E-state index is 12.4. The zero-order valence-corrected chi connectivity index (χ0v) is 17.1. The average molecular weight is 361 g/mol. The first-order valence-corrected chi connectivity index (χ1v) is 10.9. The van der Waals surface area contributed by atoms with Crippen molar-refractivity contribution >= 4 is 11.8 Å². The van der Waals surface area contributed by atoms with E-state index in [9.17, 15) is 9.59 Å². The summed E-state index contributed by atoms with van der Waals surface area (Å²) in [5, 5.41) is 0. The van der Waals surface area contributed by atoms with E-state index in [0.717, 1.165) is 37.0 Å². The smallest absolute Gasteiger partial charge is 0.303 e. The van der Waals surface area contributed by atoms with E-state index in [0.29, 0.717) is 16.7 Å². The summed E-state index contributed by atoms with van der Waals surface area (Å²) in [5.74, 6) is 2.87. The van der Waals surface area contributed by atoms with Crippen molar-refractivity contribution in [2.45, 2.75) is 97.5 Å². The normalized spacial score (nSPS) is 50.3. The molecule has 4 saturated carbocycles. The molecule has 0 heterocycles. The summed E-state index contributed by atoms with van der Waals surface area (Å²) in [6.07, 6.45) is 12.1. The fourth-order valence-corrected chi connectivity index (χ4v) is 7.98. The maximum Gasteiger partial charge on any atom is 0.303 e. The topological polar surface area (TPSA) is 43.4 Å². The summed E-state index contributed by atoms with van der Waals surface area (Å²) in [7, 11) is 0. The lowest BCUT2D eigenvalue weighted by atomic mass is 9.44. The Morgan fingerprint density at radius 2 is 1.65 bits per heavy atom. The third-order valence-electron chi connectivity index (χ3n) is 9.47. The number of ether oxygens (including phenoxy) is 1. The number of carbonyl (C=O) groups is 2. The highest BCUT2D eigenvalue weighted by Crippen LogP contribution is 2.67. The first-order chi connectivity index (χ1) is 12.2. The minimum atomic E-state index is -0.848. The van der Waals surface area contributed by atoms with Gasteiger partial charge in [-0.25, -0.2) is 0 Å². The van der Waals surface area contributed by atoms with E-state index in [1.165, 1.54) is 51.9 Å². The minimum absolute atomic E-state index is 0.0453. The molecule has 0 aromatic carbocycles. The van der Waals surface area contributed by atoms with Crippen molar-refractivity contribution in [1.82, 2.24) is 0 Å². The predicted octanol–water partition coefficient (Wildman–Crippen LogP) is 5.31. The highest BCUT2D eigenvalue weighted by molar-refractivity contribution is 5.87. The predicted molar refractivity (Wildman–Crippen MR) is 102 cm³/mol. The summed E-state index contributed by atoms with van der Waals surface area (Å²) in [6, 6.07) is 0. The molecule has 0 saturated heterocycles. The molecule has 3 heteroatoms. The number of hydrogen-bond donors (Lipinski definition) is 0. The van der Waals surface area contributed by atoms with Gasteiger partial charge < -0.3 is 4.74 Å². The molecule has 0 spiro atoms. The van der Waals surface area contributed by atoms with Crippen LogP contribution < -0.4 is 0 Å². The molecule has 0 aromatic rings. The largest absolute Gasteiger partial charge is 0.451 e. The van der Waals surface area contributed by atoms with Crippen molar-refractivity contribution in [2.24, 2.45) is 34.5 Å². The van der Waals surface area contributed by atoms with E-state index in [-0.39, 0.29) is 11.8 Å². The molecule has 0 unspecified atom stereocenters. The van der Waals surface area contributed by atoms with Crippen LogP contribution in [0.15, 0.2) is 0 Å². The Labute approximate surface area is 158 Å². The van der Waals surface area contributed by atoms with Gasteiger partial charge in [0.15, 0.2) is 11.4 Å². The fourth-order valence-electron chi connectivity index (χ4n) is 7.98. The number of fused-ring (bicyclic) bond motifs is 5. The molecule has 0 N–H and O–H groups in total. The number of rotatable bonds is 2. The second-order valence-electron chi connectivity index (χ2n) is 10.6. The molecule has 0 aliphatic heterocycles. The summed E-state index contributed by atoms with van der Waals surface area (Å²) in [4.78, 5) is 24.1. The van der Waals surface area contributed by atoms with Gasteiger partial charge in [-0.15, -0.1) is 0 Å². The molecule has 3 nitrogen and oxygen atoms in total. The van der Waals surface area contributed by atoms with Crippen LogP contribution in [0.5, 0.6) is 0 Å². The summed E-state index contributed by atoms with van der Waals surface area (Å²) < 4.78 is 5.67. The van der Waals surface area contributed by atoms with Crippen LogP contribution >= 0.6 is 0 Å². The highest BCUT2D eigenvalue weighted by Gasteiger charge is 2.60. The molecule has 4 aliphatic carbocycles. The highest BCUT2D eigenvalue weighted by atomic mass is 16.6. The zero-order valence-electron chi connectivity index (χ0n) is 17.1. The lowest BCUT2D eigenvalue weighted by Gasteiger charge is -2.61. The van der Waals surface area contributed by atoms with Crippen LogP contribution in [0, 0.1) is 34.5 Å². The van der Waals surface area contributed by atoms with Crippen LogP contribution in [0.3, 0.4) is 0 Å². The van der Waals surface area contributed by atoms with Gasteiger partial charge in [0.05, 0.1) is 0 Å². The molecule has 7 atom stereocenters. The second kappa shape index (κ2) is 6.07. The van der Waals surface area contributed by atoms with E-state index < -0.39 is 5.60 Å². The van der Waals surface area contributed by atoms with Gasteiger partial charge >= 0.3 is 5.97 Å². The van der Waals surface area contributed by atoms with Gasteiger partial charge in [0.1, 0.15) is 0 Å². The van der Waals surface area contributed by atoms with Crippen molar-refractivity contribution in [3.63, 3.8) is 0 Å². The third-order valence-corrected chi connectivity index (χ3v) is 9.47. The fraction of sp³-hybridized carbons (Fsp3) is 0.913. The van der Waals surface area contributed by atoms with Crippen LogP contribution in [-0.2, 0) is 14.3 Å². The summed E-state index contributed by atoms with van der Waals surface area (Å²) in [6.45, 7) is 8.11. The van der Waals surface area contributed by atoms with Crippen molar-refractivity contribution in [1.29, 1.82) is 0 Å². The summed E-state index contributed by atoms with van der Waals surface area (Å²) in [5.41, 5.74) is 0.0746. The van der Waals surface area contributed by atoms with Crippen LogP contribution in [0.25, 0.3) is 0 Å². The summed E-state index contributed by atoms with van der Waals surface area (Å²) >= 11 is 0. The van der Waals surface area contributed by atoms with E-state index in [1.54, 1.807) is 6.92 Å². The molecule has 4 fully saturated rings. The lowest BCUT2D eigenvalue weighted by molar-refractivity contribution is -0.186. The van der Waals surface area contributed by atoms with Crippen molar-refractivity contribution in [3.8, 4) is 0 Å². The molecule has 4 aliphatic rings. The van der Waals surface area contributed by atoms with Crippen molar-refractivity contribution in [2.75, 3.05) is 0 Å². The van der Waals surface area contributed by atoms with Gasteiger partial charge in [-0.2, -0.15) is 0 Å². The third kappa shape index (κ3) is 2.59. The Hall–Kier alpha value is -0.860. The molecular formula is C23H36O3. The maximum absolute atomic E-state index is 12.4. The standard InChI is InChI=1S/C23H36O3/c1-15(24)23(26-16(2)25)13-12-22(4)17(14-23)7-8-18-19-6-5-10-21(19,3)11-9-20(18)22/h17-20H,5-14H2,1-4H3/t17-,18-,19-,20+,21-,22-,23+/m0/s1. The number of esters is 1. The van der Waals surface area contributed by atoms with Crippen molar-refractivity contribution in [3.05, 3.63) is 0 Å².